The van der Waals surface area contributed by atoms with Crippen LogP contribution < -0.4 is 0 Å². The lowest BCUT2D eigenvalue weighted by atomic mass is 9.89. The number of hydrogen-bond acceptors (Lipinski definition) is 4. The first-order chi connectivity index (χ1) is 13.5. The van der Waals surface area contributed by atoms with E-state index in [9.17, 15) is 9.59 Å². The molecule has 0 aliphatic heterocycles. The van der Waals surface area contributed by atoms with Crippen LogP contribution in [0.5, 0.6) is 0 Å². The number of ether oxygens (including phenoxy) is 2. The third-order valence-corrected chi connectivity index (χ3v) is 4.93. The number of hydrogen-bond donors (Lipinski definition) is 0. The second-order valence-electron chi connectivity index (χ2n) is 7.21. The Hall–Kier alpha value is -1.84. The minimum Gasteiger partial charge on any atom is -0.466 e. The zero-order chi connectivity index (χ0) is 20.8. The van der Waals surface area contributed by atoms with E-state index in [0.717, 1.165) is 51.4 Å². The van der Waals surface area contributed by atoms with Gasteiger partial charge >= 0.3 is 11.9 Å². The molecule has 0 amide bonds. The van der Waals surface area contributed by atoms with Crippen molar-refractivity contribution in [2.45, 2.75) is 91.9 Å². The third kappa shape index (κ3) is 8.90. The van der Waals surface area contributed by atoms with E-state index in [1.54, 1.807) is 0 Å². The maximum absolute atomic E-state index is 11.8. The fourth-order valence-corrected chi connectivity index (χ4v) is 3.40. The van der Waals surface area contributed by atoms with Gasteiger partial charge in [-0.3, -0.25) is 9.59 Å². The van der Waals surface area contributed by atoms with Crippen molar-refractivity contribution in [3.05, 3.63) is 34.4 Å². The average Bonchev–Trinajstić information content (AvgIpc) is 2.68. The predicted molar refractivity (Wildman–Crippen MR) is 114 cm³/mol. The van der Waals surface area contributed by atoms with Crippen LogP contribution in [0, 0.1) is 0 Å². The lowest BCUT2D eigenvalue weighted by Gasteiger charge is -2.17. The first-order valence-electron chi connectivity index (χ1n) is 11.0. The van der Waals surface area contributed by atoms with Crippen LogP contribution in [0.3, 0.4) is 0 Å². The van der Waals surface area contributed by atoms with Gasteiger partial charge in [-0.2, -0.15) is 0 Å². The molecule has 0 heterocycles. The van der Waals surface area contributed by atoms with Crippen LogP contribution in [-0.4, -0.2) is 25.2 Å². The highest BCUT2D eigenvalue weighted by atomic mass is 16.5. The molecule has 4 heteroatoms. The van der Waals surface area contributed by atoms with E-state index in [1.165, 1.54) is 22.3 Å². The van der Waals surface area contributed by atoms with Gasteiger partial charge < -0.3 is 9.47 Å². The minimum atomic E-state index is -0.134. The van der Waals surface area contributed by atoms with Crippen molar-refractivity contribution in [2.24, 2.45) is 0 Å². The summed E-state index contributed by atoms with van der Waals surface area (Å²) in [7, 11) is 0. The van der Waals surface area contributed by atoms with Crippen LogP contribution in [0.25, 0.3) is 0 Å². The van der Waals surface area contributed by atoms with Crippen molar-refractivity contribution >= 4 is 11.9 Å². The van der Waals surface area contributed by atoms with E-state index in [-0.39, 0.29) is 11.9 Å². The van der Waals surface area contributed by atoms with Gasteiger partial charge in [0, 0.05) is 12.8 Å². The molecule has 0 spiro atoms. The molecule has 0 N–H and O–H groups in total. The van der Waals surface area contributed by atoms with E-state index in [1.807, 2.05) is 13.8 Å². The molecule has 0 aromatic heterocycles. The molecule has 0 atom stereocenters. The third-order valence-electron chi connectivity index (χ3n) is 4.93. The number of rotatable bonds is 14. The largest absolute Gasteiger partial charge is 0.466 e. The standard InChI is InChI=1S/C24H38O4/c1-5-9-11-19-17-22(14-16-24(26)28-8-4)20(12-10-6-2)18-21(19)13-15-23(25)27-7-3/h17-18H,5-16H2,1-4H3. The van der Waals surface area contributed by atoms with Crippen LogP contribution >= 0.6 is 0 Å². The molecular weight excluding hydrogens is 352 g/mol. The Balaban J connectivity index is 3.07. The summed E-state index contributed by atoms with van der Waals surface area (Å²) < 4.78 is 10.2. The van der Waals surface area contributed by atoms with Gasteiger partial charge in [-0.15, -0.1) is 0 Å². The second-order valence-corrected chi connectivity index (χ2v) is 7.21. The Morgan fingerprint density at radius 1 is 0.643 bits per heavy atom. The molecule has 0 fully saturated rings. The number of benzene rings is 1. The van der Waals surface area contributed by atoms with Gasteiger partial charge in [0.1, 0.15) is 0 Å². The zero-order valence-corrected chi connectivity index (χ0v) is 18.3. The summed E-state index contributed by atoms with van der Waals surface area (Å²) in [6.45, 7) is 8.91. The van der Waals surface area contributed by atoms with Crippen molar-refractivity contribution in [1.29, 1.82) is 0 Å². The minimum absolute atomic E-state index is 0.134. The van der Waals surface area contributed by atoms with E-state index >= 15 is 0 Å². The average molecular weight is 391 g/mol. The van der Waals surface area contributed by atoms with Gasteiger partial charge in [0.2, 0.25) is 0 Å². The molecule has 158 valence electrons. The molecule has 0 radical (unpaired) electrons. The highest BCUT2D eigenvalue weighted by Gasteiger charge is 2.13. The van der Waals surface area contributed by atoms with E-state index in [4.69, 9.17) is 9.47 Å². The smallest absolute Gasteiger partial charge is 0.306 e. The predicted octanol–water partition coefficient (Wildman–Crippen LogP) is 5.36. The molecule has 1 aromatic rings. The van der Waals surface area contributed by atoms with Crippen molar-refractivity contribution in [2.75, 3.05) is 13.2 Å². The molecule has 4 nitrogen and oxygen atoms in total. The number of carbonyl (C=O) groups excluding carboxylic acids is 2. The van der Waals surface area contributed by atoms with Crippen molar-refractivity contribution < 1.29 is 19.1 Å². The summed E-state index contributed by atoms with van der Waals surface area (Å²) in [5.74, 6) is -0.268. The topological polar surface area (TPSA) is 52.6 Å². The highest BCUT2D eigenvalue weighted by Crippen LogP contribution is 2.24. The highest BCUT2D eigenvalue weighted by molar-refractivity contribution is 5.70. The summed E-state index contributed by atoms with van der Waals surface area (Å²) in [5, 5.41) is 0. The normalized spacial score (nSPS) is 10.7. The van der Waals surface area contributed by atoms with Gasteiger partial charge in [-0.1, -0.05) is 38.8 Å². The molecule has 0 saturated heterocycles. The molecular formula is C24H38O4. The van der Waals surface area contributed by atoms with Gasteiger partial charge in [0.15, 0.2) is 0 Å². The fourth-order valence-electron chi connectivity index (χ4n) is 3.40. The van der Waals surface area contributed by atoms with Gasteiger partial charge in [0.25, 0.3) is 0 Å². The quantitative estimate of drug-likeness (QED) is 0.401. The first kappa shape index (κ1) is 24.2. The Kier molecular flexibility index (Phi) is 12.3. The number of carbonyl (C=O) groups is 2. The molecule has 0 unspecified atom stereocenters. The SMILES string of the molecule is CCCCc1cc(CCC(=O)OCC)c(CCCC)cc1CCC(=O)OCC. The molecule has 1 aromatic carbocycles. The molecule has 28 heavy (non-hydrogen) atoms. The van der Waals surface area contributed by atoms with Crippen molar-refractivity contribution in [3.63, 3.8) is 0 Å². The van der Waals surface area contributed by atoms with Gasteiger partial charge in [-0.05, 0) is 74.6 Å². The molecule has 0 aliphatic rings. The van der Waals surface area contributed by atoms with E-state index in [0.29, 0.717) is 26.1 Å². The number of unbranched alkanes of at least 4 members (excludes halogenated alkanes) is 2. The summed E-state index contributed by atoms with van der Waals surface area (Å²) in [6.07, 6.45) is 8.80. The lowest BCUT2D eigenvalue weighted by Crippen LogP contribution is -2.10. The van der Waals surface area contributed by atoms with Crippen LogP contribution in [0.15, 0.2) is 12.1 Å². The Labute approximate surface area is 171 Å². The van der Waals surface area contributed by atoms with Crippen LogP contribution in [0.4, 0.5) is 0 Å². The number of aryl methyl sites for hydroxylation is 4. The summed E-state index contributed by atoms with van der Waals surface area (Å²) in [6, 6.07) is 4.56. The van der Waals surface area contributed by atoms with Crippen LogP contribution in [0.2, 0.25) is 0 Å². The van der Waals surface area contributed by atoms with Crippen LogP contribution in [0.1, 0.15) is 88.5 Å². The summed E-state index contributed by atoms with van der Waals surface area (Å²) >= 11 is 0. The lowest BCUT2D eigenvalue weighted by molar-refractivity contribution is -0.144. The summed E-state index contributed by atoms with van der Waals surface area (Å²) in [5.41, 5.74) is 5.13. The summed E-state index contributed by atoms with van der Waals surface area (Å²) in [4.78, 5) is 23.7. The molecule has 1 rings (SSSR count). The Bertz CT molecular complexity index is 553. The molecule has 0 bridgehead atoms. The van der Waals surface area contributed by atoms with Crippen LogP contribution in [-0.2, 0) is 44.7 Å². The maximum Gasteiger partial charge on any atom is 0.306 e. The second kappa shape index (κ2) is 14.2. The van der Waals surface area contributed by atoms with E-state index in [2.05, 4.69) is 26.0 Å². The first-order valence-corrected chi connectivity index (χ1v) is 11.0. The van der Waals surface area contributed by atoms with Gasteiger partial charge in [0.05, 0.1) is 13.2 Å². The van der Waals surface area contributed by atoms with Crippen molar-refractivity contribution in [1.82, 2.24) is 0 Å². The molecule has 0 aliphatic carbocycles. The number of esters is 2. The van der Waals surface area contributed by atoms with E-state index < -0.39 is 0 Å². The Morgan fingerprint density at radius 3 is 1.32 bits per heavy atom. The molecule has 0 saturated carbocycles. The monoisotopic (exact) mass is 390 g/mol. The fraction of sp³-hybridized carbons (Fsp3) is 0.667. The van der Waals surface area contributed by atoms with Gasteiger partial charge in [-0.25, -0.2) is 0 Å². The van der Waals surface area contributed by atoms with Crippen molar-refractivity contribution in [3.8, 4) is 0 Å². The Morgan fingerprint density at radius 2 is 1.00 bits per heavy atom. The zero-order valence-electron chi connectivity index (χ0n) is 18.3. The maximum atomic E-state index is 11.8.